The highest BCUT2D eigenvalue weighted by molar-refractivity contribution is 5.68. The van der Waals surface area contributed by atoms with Crippen LogP contribution >= 0.6 is 0 Å². The molecule has 0 spiro atoms. The summed E-state index contributed by atoms with van der Waals surface area (Å²) in [6.45, 7) is 1.83. The molecular formula is C16H17NO3. The Morgan fingerprint density at radius 3 is 2.55 bits per heavy atom. The van der Waals surface area contributed by atoms with Crippen molar-refractivity contribution in [3.63, 3.8) is 0 Å². The Bertz CT molecular complexity index is 569. The molecule has 0 aliphatic heterocycles. The predicted octanol–water partition coefficient (Wildman–Crippen LogP) is 3.75. The Morgan fingerprint density at radius 1 is 1.15 bits per heavy atom. The van der Waals surface area contributed by atoms with Gasteiger partial charge in [-0.25, -0.2) is 0 Å². The molecule has 2 N–H and O–H groups in total. The van der Waals surface area contributed by atoms with E-state index in [9.17, 15) is 4.79 Å². The number of nitrogens with one attached hydrogen (secondary N) is 1. The number of hydrogen-bond acceptors (Lipinski definition) is 3. The first-order valence-corrected chi connectivity index (χ1v) is 6.45. The number of carboxylic acid groups (broad SMARTS) is 1. The molecule has 20 heavy (non-hydrogen) atoms. The van der Waals surface area contributed by atoms with Gasteiger partial charge in [0.1, 0.15) is 11.5 Å². The Morgan fingerprint density at radius 2 is 1.85 bits per heavy atom. The van der Waals surface area contributed by atoms with Gasteiger partial charge in [0.2, 0.25) is 0 Å². The third-order valence-corrected chi connectivity index (χ3v) is 2.71. The van der Waals surface area contributed by atoms with Crippen LogP contribution < -0.4 is 10.1 Å². The molecule has 1 atom stereocenters. The normalized spacial score (nSPS) is 11.7. The molecule has 2 aromatic carbocycles. The number of para-hydroxylation sites is 1. The molecule has 1 unspecified atom stereocenters. The number of carboxylic acids is 1. The summed E-state index contributed by atoms with van der Waals surface area (Å²) in [7, 11) is 0. The molecule has 0 radical (unpaired) electrons. The van der Waals surface area contributed by atoms with Crippen molar-refractivity contribution in [3.8, 4) is 11.5 Å². The van der Waals surface area contributed by atoms with Crippen molar-refractivity contribution < 1.29 is 14.6 Å². The number of rotatable bonds is 6. The van der Waals surface area contributed by atoms with E-state index in [4.69, 9.17) is 9.84 Å². The van der Waals surface area contributed by atoms with Gasteiger partial charge >= 0.3 is 5.97 Å². The average Bonchev–Trinajstić information content (AvgIpc) is 2.39. The summed E-state index contributed by atoms with van der Waals surface area (Å²) in [6, 6.07) is 16.8. The molecular weight excluding hydrogens is 254 g/mol. The quantitative estimate of drug-likeness (QED) is 0.840. The van der Waals surface area contributed by atoms with Crippen LogP contribution in [-0.4, -0.2) is 17.1 Å². The molecule has 0 bridgehead atoms. The number of aliphatic carboxylic acids is 1. The van der Waals surface area contributed by atoms with Gasteiger partial charge in [-0.1, -0.05) is 24.3 Å². The molecule has 104 valence electrons. The summed E-state index contributed by atoms with van der Waals surface area (Å²) >= 11 is 0. The van der Waals surface area contributed by atoms with Crippen molar-refractivity contribution in [1.82, 2.24) is 0 Å². The van der Waals surface area contributed by atoms with Gasteiger partial charge in [-0.3, -0.25) is 4.79 Å². The monoisotopic (exact) mass is 271 g/mol. The van der Waals surface area contributed by atoms with Gasteiger partial charge in [-0.15, -0.1) is 0 Å². The number of anilines is 1. The summed E-state index contributed by atoms with van der Waals surface area (Å²) in [5, 5.41) is 11.9. The van der Waals surface area contributed by atoms with Gasteiger partial charge in [0.05, 0.1) is 6.42 Å². The van der Waals surface area contributed by atoms with Crippen molar-refractivity contribution in [2.24, 2.45) is 0 Å². The Balaban J connectivity index is 2.02. The van der Waals surface area contributed by atoms with Gasteiger partial charge in [-0.2, -0.15) is 0 Å². The summed E-state index contributed by atoms with van der Waals surface area (Å²) in [4.78, 5) is 10.6. The number of carbonyl (C=O) groups is 1. The van der Waals surface area contributed by atoms with Crippen LogP contribution in [0.25, 0.3) is 0 Å². The van der Waals surface area contributed by atoms with E-state index in [1.165, 1.54) is 0 Å². The van der Waals surface area contributed by atoms with Crippen LogP contribution in [0.5, 0.6) is 11.5 Å². The lowest BCUT2D eigenvalue weighted by Gasteiger charge is -2.14. The standard InChI is InChI=1S/C16H17NO3/c1-12(10-16(18)19)17-13-6-5-9-15(11-13)20-14-7-3-2-4-8-14/h2-9,11-12,17H,10H2,1H3,(H,18,19). The second kappa shape index (κ2) is 6.61. The van der Waals surface area contributed by atoms with Gasteiger partial charge in [0, 0.05) is 17.8 Å². The minimum absolute atomic E-state index is 0.0732. The van der Waals surface area contributed by atoms with E-state index in [2.05, 4.69) is 5.32 Å². The zero-order chi connectivity index (χ0) is 14.4. The van der Waals surface area contributed by atoms with Crippen molar-refractivity contribution in [3.05, 3.63) is 54.6 Å². The average molecular weight is 271 g/mol. The molecule has 0 saturated heterocycles. The second-order valence-corrected chi connectivity index (χ2v) is 4.59. The Kier molecular flexibility index (Phi) is 4.60. The molecule has 0 aromatic heterocycles. The highest BCUT2D eigenvalue weighted by atomic mass is 16.5. The molecule has 0 amide bonds. The molecule has 0 saturated carbocycles. The van der Waals surface area contributed by atoms with Crippen molar-refractivity contribution in [2.75, 3.05) is 5.32 Å². The summed E-state index contributed by atoms with van der Waals surface area (Å²) < 4.78 is 5.73. The van der Waals surface area contributed by atoms with Crippen LogP contribution in [-0.2, 0) is 4.79 Å². The summed E-state index contributed by atoms with van der Waals surface area (Å²) in [5.41, 5.74) is 0.840. The van der Waals surface area contributed by atoms with Crippen LogP contribution in [0, 0.1) is 0 Å². The molecule has 0 aliphatic rings. The van der Waals surface area contributed by atoms with E-state index < -0.39 is 5.97 Å². The fourth-order valence-corrected chi connectivity index (χ4v) is 1.87. The lowest BCUT2D eigenvalue weighted by Crippen LogP contribution is -2.19. The molecule has 2 aromatic rings. The predicted molar refractivity (Wildman–Crippen MR) is 78.3 cm³/mol. The molecule has 0 aliphatic carbocycles. The molecule has 2 rings (SSSR count). The Hall–Kier alpha value is -2.49. The lowest BCUT2D eigenvalue weighted by molar-refractivity contribution is -0.137. The fraction of sp³-hybridized carbons (Fsp3) is 0.188. The van der Waals surface area contributed by atoms with E-state index in [0.29, 0.717) is 5.75 Å². The van der Waals surface area contributed by atoms with Crippen LogP contribution in [0.15, 0.2) is 54.6 Å². The lowest BCUT2D eigenvalue weighted by atomic mass is 10.2. The maximum absolute atomic E-state index is 10.6. The highest BCUT2D eigenvalue weighted by Gasteiger charge is 2.07. The first-order valence-electron chi connectivity index (χ1n) is 6.45. The fourth-order valence-electron chi connectivity index (χ4n) is 1.87. The van der Waals surface area contributed by atoms with Gasteiger partial charge in [0.25, 0.3) is 0 Å². The van der Waals surface area contributed by atoms with Crippen molar-refractivity contribution in [2.45, 2.75) is 19.4 Å². The summed E-state index contributed by atoms with van der Waals surface area (Å²) in [5.74, 6) is 0.661. The third-order valence-electron chi connectivity index (χ3n) is 2.71. The topological polar surface area (TPSA) is 58.6 Å². The van der Waals surface area contributed by atoms with E-state index >= 15 is 0 Å². The number of benzene rings is 2. The van der Waals surface area contributed by atoms with Crippen molar-refractivity contribution in [1.29, 1.82) is 0 Å². The highest BCUT2D eigenvalue weighted by Crippen LogP contribution is 2.24. The van der Waals surface area contributed by atoms with Crippen LogP contribution in [0.2, 0.25) is 0 Å². The smallest absolute Gasteiger partial charge is 0.305 e. The second-order valence-electron chi connectivity index (χ2n) is 4.59. The SMILES string of the molecule is CC(CC(=O)O)Nc1cccc(Oc2ccccc2)c1. The minimum Gasteiger partial charge on any atom is -0.481 e. The van der Waals surface area contributed by atoms with Crippen molar-refractivity contribution >= 4 is 11.7 Å². The maximum Gasteiger partial charge on any atom is 0.305 e. The van der Waals surface area contributed by atoms with Crippen LogP contribution in [0.3, 0.4) is 0 Å². The molecule has 4 nitrogen and oxygen atoms in total. The molecule has 0 heterocycles. The zero-order valence-electron chi connectivity index (χ0n) is 11.2. The van der Waals surface area contributed by atoms with E-state index in [1.807, 2.05) is 61.5 Å². The molecule has 0 fully saturated rings. The maximum atomic E-state index is 10.6. The van der Waals surface area contributed by atoms with E-state index in [0.717, 1.165) is 11.4 Å². The van der Waals surface area contributed by atoms with Gasteiger partial charge in [-0.05, 0) is 31.2 Å². The first kappa shape index (κ1) is 13.9. The molecule has 4 heteroatoms. The zero-order valence-corrected chi connectivity index (χ0v) is 11.2. The van der Waals surface area contributed by atoms with Gasteiger partial charge < -0.3 is 15.2 Å². The minimum atomic E-state index is -0.818. The Labute approximate surface area is 118 Å². The summed E-state index contributed by atoms with van der Waals surface area (Å²) in [6.07, 6.45) is 0.0732. The van der Waals surface area contributed by atoms with Gasteiger partial charge in [0.15, 0.2) is 0 Å². The van der Waals surface area contributed by atoms with E-state index in [1.54, 1.807) is 0 Å². The van der Waals surface area contributed by atoms with Crippen LogP contribution in [0.1, 0.15) is 13.3 Å². The number of hydrogen-bond donors (Lipinski definition) is 2. The third kappa shape index (κ3) is 4.31. The first-order chi connectivity index (χ1) is 9.63. The van der Waals surface area contributed by atoms with E-state index in [-0.39, 0.29) is 12.5 Å². The number of ether oxygens (including phenoxy) is 1. The van der Waals surface area contributed by atoms with Crippen LogP contribution in [0.4, 0.5) is 5.69 Å². The largest absolute Gasteiger partial charge is 0.481 e.